The Balaban J connectivity index is 2.54. The predicted octanol–water partition coefficient (Wildman–Crippen LogP) is 1.34. The maximum Gasteiger partial charge on any atom is 0.328 e. The van der Waals surface area contributed by atoms with Gasteiger partial charge in [0.25, 0.3) is 5.56 Å². The predicted molar refractivity (Wildman–Crippen MR) is 77.7 cm³/mol. The molecule has 5 heteroatoms. The van der Waals surface area contributed by atoms with Crippen LogP contribution in [0.25, 0.3) is 6.08 Å². The monoisotopic (exact) mass is 276 g/mol. The first-order valence-electron chi connectivity index (χ1n) is 6.88. The number of hydrogen-bond acceptors (Lipinski definition) is 3. The molecule has 0 fully saturated rings. The Morgan fingerprint density at radius 1 is 1.50 bits per heavy atom. The van der Waals surface area contributed by atoms with E-state index in [4.69, 9.17) is 5.11 Å². The van der Waals surface area contributed by atoms with Crippen molar-refractivity contribution in [2.24, 2.45) is 0 Å². The van der Waals surface area contributed by atoms with Gasteiger partial charge in [-0.3, -0.25) is 4.79 Å². The van der Waals surface area contributed by atoms with Crippen LogP contribution in [-0.4, -0.2) is 34.1 Å². The molecule has 108 valence electrons. The second-order valence-electron chi connectivity index (χ2n) is 5.19. The standard InChI is InChI=1S/C15H20N2O3/c1-3-7-17-13-6-8-16(2)10-12(13)9-11(15(17)20)4-5-14(18)19/h4-5,9H,3,6-8,10H2,1-2H3,(H,18,19)/b5-4+. The Labute approximate surface area is 118 Å². The number of aliphatic carboxylic acids is 1. The fourth-order valence-corrected chi connectivity index (χ4v) is 2.62. The summed E-state index contributed by atoms with van der Waals surface area (Å²) in [7, 11) is 2.05. The van der Waals surface area contributed by atoms with Gasteiger partial charge in [0.1, 0.15) is 0 Å². The lowest BCUT2D eigenvalue weighted by Gasteiger charge is -2.28. The number of carbonyl (C=O) groups is 1. The van der Waals surface area contributed by atoms with E-state index in [0.29, 0.717) is 12.1 Å². The smallest absolute Gasteiger partial charge is 0.328 e. The van der Waals surface area contributed by atoms with Crippen molar-refractivity contribution in [3.63, 3.8) is 0 Å². The van der Waals surface area contributed by atoms with Crippen molar-refractivity contribution in [3.8, 4) is 0 Å². The number of rotatable bonds is 4. The molecule has 0 unspecified atom stereocenters. The Kier molecular flexibility index (Phi) is 4.39. The number of carboxylic acid groups (broad SMARTS) is 1. The summed E-state index contributed by atoms with van der Waals surface area (Å²) in [6.45, 7) is 4.46. The molecule has 0 aliphatic carbocycles. The molecule has 0 aromatic carbocycles. The molecule has 0 amide bonds. The van der Waals surface area contributed by atoms with E-state index in [1.807, 2.05) is 24.6 Å². The van der Waals surface area contributed by atoms with Gasteiger partial charge in [0, 0.05) is 43.4 Å². The van der Waals surface area contributed by atoms with E-state index >= 15 is 0 Å². The van der Waals surface area contributed by atoms with Crippen LogP contribution < -0.4 is 5.56 Å². The molecule has 2 rings (SSSR count). The zero-order valence-electron chi connectivity index (χ0n) is 11.9. The quantitative estimate of drug-likeness (QED) is 0.843. The van der Waals surface area contributed by atoms with Gasteiger partial charge in [-0.2, -0.15) is 0 Å². The molecule has 0 radical (unpaired) electrons. The first kappa shape index (κ1) is 14.5. The minimum absolute atomic E-state index is 0.0901. The van der Waals surface area contributed by atoms with Gasteiger partial charge in [-0.05, 0) is 31.2 Å². The summed E-state index contributed by atoms with van der Waals surface area (Å²) in [5.41, 5.74) is 2.59. The Morgan fingerprint density at radius 3 is 2.90 bits per heavy atom. The molecule has 1 aromatic rings. The van der Waals surface area contributed by atoms with Crippen molar-refractivity contribution in [1.82, 2.24) is 9.47 Å². The highest BCUT2D eigenvalue weighted by molar-refractivity contribution is 5.85. The van der Waals surface area contributed by atoms with Crippen molar-refractivity contribution in [3.05, 3.63) is 39.3 Å². The lowest BCUT2D eigenvalue weighted by atomic mass is 10.0. The zero-order chi connectivity index (χ0) is 14.7. The van der Waals surface area contributed by atoms with Crippen LogP contribution in [0.2, 0.25) is 0 Å². The van der Waals surface area contributed by atoms with E-state index in [2.05, 4.69) is 4.90 Å². The molecule has 0 saturated carbocycles. The molecule has 0 saturated heterocycles. The van der Waals surface area contributed by atoms with Crippen LogP contribution in [0.5, 0.6) is 0 Å². The molecule has 0 bridgehead atoms. The molecular formula is C15H20N2O3. The summed E-state index contributed by atoms with van der Waals surface area (Å²) < 4.78 is 1.81. The third-order valence-corrected chi connectivity index (χ3v) is 3.54. The minimum atomic E-state index is -1.04. The van der Waals surface area contributed by atoms with Gasteiger partial charge in [0.05, 0.1) is 0 Å². The molecule has 1 N–H and O–H groups in total. The van der Waals surface area contributed by atoms with Gasteiger partial charge in [-0.1, -0.05) is 6.92 Å². The summed E-state index contributed by atoms with van der Waals surface area (Å²) in [6.07, 6.45) is 4.16. The van der Waals surface area contributed by atoms with Crippen LogP contribution in [0.15, 0.2) is 16.9 Å². The van der Waals surface area contributed by atoms with Gasteiger partial charge >= 0.3 is 5.97 Å². The molecule has 1 aliphatic rings. The lowest BCUT2D eigenvalue weighted by Crippen LogP contribution is -2.34. The molecule has 0 spiro atoms. The van der Waals surface area contributed by atoms with E-state index in [9.17, 15) is 9.59 Å². The Bertz CT molecular complexity index is 602. The maximum absolute atomic E-state index is 12.4. The van der Waals surface area contributed by atoms with E-state index in [-0.39, 0.29) is 5.56 Å². The van der Waals surface area contributed by atoms with Gasteiger partial charge in [-0.25, -0.2) is 4.79 Å². The number of likely N-dealkylation sites (N-methyl/N-ethyl adjacent to an activating group) is 1. The van der Waals surface area contributed by atoms with Crippen LogP contribution >= 0.6 is 0 Å². The number of hydrogen-bond donors (Lipinski definition) is 1. The average molecular weight is 276 g/mol. The van der Waals surface area contributed by atoms with Crippen LogP contribution in [0.1, 0.15) is 30.2 Å². The first-order valence-corrected chi connectivity index (χ1v) is 6.88. The maximum atomic E-state index is 12.4. The fourth-order valence-electron chi connectivity index (χ4n) is 2.62. The summed E-state index contributed by atoms with van der Waals surface area (Å²) in [5, 5.41) is 8.71. The van der Waals surface area contributed by atoms with Gasteiger partial charge in [0.15, 0.2) is 0 Å². The van der Waals surface area contributed by atoms with E-state index in [1.54, 1.807) is 0 Å². The first-order chi connectivity index (χ1) is 9.52. The van der Waals surface area contributed by atoms with Gasteiger partial charge < -0.3 is 14.6 Å². The average Bonchev–Trinajstić information content (AvgIpc) is 2.40. The van der Waals surface area contributed by atoms with Crippen LogP contribution in [0, 0.1) is 0 Å². The highest BCUT2D eigenvalue weighted by atomic mass is 16.4. The second-order valence-corrected chi connectivity index (χ2v) is 5.19. The molecule has 1 aliphatic heterocycles. The lowest BCUT2D eigenvalue weighted by molar-refractivity contribution is -0.131. The highest BCUT2D eigenvalue weighted by Gasteiger charge is 2.19. The van der Waals surface area contributed by atoms with Gasteiger partial charge in [-0.15, -0.1) is 0 Å². The molecular weight excluding hydrogens is 256 g/mol. The number of aromatic nitrogens is 1. The van der Waals surface area contributed by atoms with Crippen molar-refractivity contribution in [2.75, 3.05) is 13.6 Å². The third-order valence-electron chi connectivity index (χ3n) is 3.54. The molecule has 0 atom stereocenters. The topological polar surface area (TPSA) is 62.5 Å². The van der Waals surface area contributed by atoms with Crippen LogP contribution in [0.3, 0.4) is 0 Å². The van der Waals surface area contributed by atoms with Crippen LogP contribution in [-0.2, 0) is 24.3 Å². The second kappa shape index (κ2) is 6.05. The summed E-state index contributed by atoms with van der Waals surface area (Å²) >= 11 is 0. The van der Waals surface area contributed by atoms with Crippen molar-refractivity contribution < 1.29 is 9.90 Å². The van der Waals surface area contributed by atoms with Crippen molar-refractivity contribution in [2.45, 2.75) is 32.9 Å². The summed E-state index contributed by atoms with van der Waals surface area (Å²) in [4.78, 5) is 25.3. The number of nitrogens with zero attached hydrogens (tertiary/aromatic N) is 2. The molecule has 20 heavy (non-hydrogen) atoms. The summed E-state index contributed by atoms with van der Waals surface area (Å²) in [6, 6.07) is 1.83. The Hall–Kier alpha value is -1.88. The fraction of sp³-hybridized carbons (Fsp3) is 0.467. The van der Waals surface area contributed by atoms with Crippen LogP contribution in [0.4, 0.5) is 0 Å². The molecule has 2 heterocycles. The van der Waals surface area contributed by atoms with E-state index in [0.717, 1.165) is 43.3 Å². The number of fused-ring (bicyclic) bond motifs is 1. The number of carboxylic acids is 1. The third kappa shape index (κ3) is 2.99. The highest BCUT2D eigenvalue weighted by Crippen LogP contribution is 2.18. The van der Waals surface area contributed by atoms with E-state index in [1.165, 1.54) is 6.08 Å². The normalized spacial score (nSPS) is 15.5. The number of pyridine rings is 1. The SMILES string of the molecule is CCCn1c2c(cc(/C=C/C(=O)O)c1=O)CN(C)CC2. The van der Waals surface area contributed by atoms with Gasteiger partial charge in [0.2, 0.25) is 0 Å². The largest absolute Gasteiger partial charge is 0.478 e. The van der Waals surface area contributed by atoms with Crippen molar-refractivity contribution in [1.29, 1.82) is 0 Å². The molecule has 5 nitrogen and oxygen atoms in total. The molecule has 1 aromatic heterocycles. The Morgan fingerprint density at radius 2 is 2.25 bits per heavy atom. The minimum Gasteiger partial charge on any atom is -0.478 e. The van der Waals surface area contributed by atoms with Crippen molar-refractivity contribution >= 4 is 12.0 Å². The van der Waals surface area contributed by atoms with E-state index < -0.39 is 5.97 Å². The zero-order valence-corrected chi connectivity index (χ0v) is 11.9. The summed E-state index contributed by atoms with van der Waals surface area (Å²) in [5.74, 6) is -1.04.